The molecule has 0 radical (unpaired) electrons. The first-order valence-electron chi connectivity index (χ1n) is 3.80. The molecular weight excluding hydrogens is 228 g/mol. The molecule has 0 amide bonds. The molecule has 0 spiro atoms. The van der Waals surface area contributed by atoms with Crippen molar-refractivity contribution < 1.29 is 22.3 Å². The SMILES string of the molecule is C[SiH](Cl)CCCOC(F)(F)C(F)F. The third-order valence-electron chi connectivity index (χ3n) is 1.29. The molecule has 0 aliphatic rings. The van der Waals surface area contributed by atoms with Crippen molar-refractivity contribution in [2.75, 3.05) is 6.61 Å². The summed E-state index contributed by atoms with van der Waals surface area (Å²) >= 11 is 5.64. The van der Waals surface area contributed by atoms with Crippen LogP contribution in [-0.2, 0) is 4.74 Å². The van der Waals surface area contributed by atoms with Gasteiger partial charge in [0.25, 0.3) is 0 Å². The van der Waals surface area contributed by atoms with Gasteiger partial charge in [0.2, 0.25) is 0 Å². The van der Waals surface area contributed by atoms with Crippen LogP contribution in [0.4, 0.5) is 17.6 Å². The summed E-state index contributed by atoms with van der Waals surface area (Å²) in [5.41, 5.74) is 0. The van der Waals surface area contributed by atoms with Gasteiger partial charge < -0.3 is 4.74 Å². The molecule has 0 rings (SSSR count). The molecule has 0 aliphatic heterocycles. The molecule has 0 bridgehead atoms. The largest absolute Gasteiger partial charge is 0.416 e. The third-order valence-corrected chi connectivity index (χ3v) is 3.15. The van der Waals surface area contributed by atoms with Crippen molar-refractivity contribution in [3.05, 3.63) is 0 Å². The predicted molar refractivity (Wildman–Crippen MR) is 45.2 cm³/mol. The van der Waals surface area contributed by atoms with E-state index in [0.29, 0.717) is 12.5 Å². The van der Waals surface area contributed by atoms with E-state index in [-0.39, 0.29) is 6.61 Å². The van der Waals surface area contributed by atoms with Gasteiger partial charge in [0.15, 0.2) is 0 Å². The number of rotatable bonds is 6. The third kappa shape index (κ3) is 6.28. The highest BCUT2D eigenvalue weighted by molar-refractivity contribution is 7.06. The summed E-state index contributed by atoms with van der Waals surface area (Å²) in [6.07, 6.45) is -7.78. The van der Waals surface area contributed by atoms with Crippen molar-refractivity contribution in [3.63, 3.8) is 0 Å². The maximum absolute atomic E-state index is 12.1. The molecule has 0 heterocycles. The number of hydrogen-bond donors (Lipinski definition) is 0. The van der Waals surface area contributed by atoms with Crippen molar-refractivity contribution >= 4 is 19.2 Å². The smallest absolute Gasteiger partial charge is 0.316 e. The van der Waals surface area contributed by atoms with Gasteiger partial charge >= 0.3 is 12.5 Å². The van der Waals surface area contributed by atoms with E-state index in [1.165, 1.54) is 0 Å². The Labute approximate surface area is 80.3 Å². The minimum Gasteiger partial charge on any atom is -0.316 e. The normalized spacial score (nSPS) is 15.0. The molecular formula is C6H11ClF4OSi. The van der Waals surface area contributed by atoms with Crippen LogP contribution in [0.5, 0.6) is 0 Å². The van der Waals surface area contributed by atoms with Gasteiger partial charge in [-0.3, -0.25) is 0 Å². The van der Waals surface area contributed by atoms with Crippen LogP contribution < -0.4 is 0 Å². The van der Waals surface area contributed by atoms with E-state index in [4.69, 9.17) is 11.1 Å². The van der Waals surface area contributed by atoms with Gasteiger partial charge in [0.1, 0.15) is 8.11 Å². The molecule has 0 N–H and O–H groups in total. The quantitative estimate of drug-likeness (QED) is 0.299. The van der Waals surface area contributed by atoms with Crippen LogP contribution in [-0.4, -0.2) is 27.2 Å². The minimum atomic E-state index is -4.32. The highest BCUT2D eigenvalue weighted by atomic mass is 35.6. The van der Waals surface area contributed by atoms with Gasteiger partial charge in [-0.05, 0) is 12.5 Å². The van der Waals surface area contributed by atoms with Gasteiger partial charge in [-0.2, -0.15) is 19.9 Å². The van der Waals surface area contributed by atoms with Gasteiger partial charge in [0.05, 0.1) is 6.61 Å². The van der Waals surface area contributed by atoms with Crippen LogP contribution in [0.15, 0.2) is 0 Å². The zero-order chi connectivity index (χ0) is 10.5. The van der Waals surface area contributed by atoms with Crippen molar-refractivity contribution in [3.8, 4) is 0 Å². The molecule has 0 aromatic carbocycles. The highest BCUT2D eigenvalue weighted by Crippen LogP contribution is 2.24. The van der Waals surface area contributed by atoms with E-state index < -0.39 is 20.6 Å². The van der Waals surface area contributed by atoms with Gasteiger partial charge in [0, 0.05) is 0 Å². The molecule has 0 saturated heterocycles. The summed E-state index contributed by atoms with van der Waals surface area (Å²) in [5.74, 6) is 0. The molecule has 0 saturated carbocycles. The topological polar surface area (TPSA) is 9.23 Å². The number of hydrogen-bond acceptors (Lipinski definition) is 1. The number of ether oxygens (including phenoxy) is 1. The Morgan fingerprint density at radius 3 is 2.38 bits per heavy atom. The fraction of sp³-hybridized carbons (Fsp3) is 1.00. The summed E-state index contributed by atoms with van der Waals surface area (Å²) in [4.78, 5) is 0. The predicted octanol–water partition coefficient (Wildman–Crippen LogP) is 2.84. The molecule has 7 heteroatoms. The Kier molecular flexibility index (Phi) is 5.90. The molecule has 0 aromatic rings. The summed E-state index contributed by atoms with van der Waals surface area (Å²) < 4.78 is 50.9. The zero-order valence-corrected chi connectivity index (χ0v) is 8.98. The van der Waals surface area contributed by atoms with Crippen LogP contribution in [0.2, 0.25) is 12.6 Å². The van der Waals surface area contributed by atoms with Crippen LogP contribution in [0.3, 0.4) is 0 Å². The molecule has 13 heavy (non-hydrogen) atoms. The summed E-state index contributed by atoms with van der Waals surface area (Å²) in [5, 5.41) is 0. The fourth-order valence-electron chi connectivity index (χ4n) is 0.636. The lowest BCUT2D eigenvalue weighted by atomic mass is 10.5. The van der Waals surface area contributed by atoms with E-state index in [2.05, 4.69) is 4.74 Å². The first-order chi connectivity index (χ1) is 5.86. The average Bonchev–Trinajstić information content (AvgIpc) is 1.97. The van der Waals surface area contributed by atoms with E-state index in [9.17, 15) is 17.6 Å². The molecule has 0 aliphatic carbocycles. The second kappa shape index (κ2) is 5.82. The van der Waals surface area contributed by atoms with E-state index in [1.54, 1.807) is 0 Å². The summed E-state index contributed by atoms with van der Waals surface area (Å²) in [6.45, 7) is 1.45. The standard InChI is InChI=1S/C6H11ClF4OSi/c1-13(7)4-2-3-12-6(10,11)5(8)9/h5,13H,2-4H2,1H3. The lowest BCUT2D eigenvalue weighted by molar-refractivity contribution is -0.300. The summed E-state index contributed by atoms with van der Waals surface area (Å²) in [6, 6.07) is 0.598. The number of alkyl halides is 4. The monoisotopic (exact) mass is 238 g/mol. The second-order valence-electron chi connectivity index (χ2n) is 2.63. The first kappa shape index (κ1) is 13.2. The van der Waals surface area contributed by atoms with Gasteiger partial charge in [-0.25, -0.2) is 8.78 Å². The Bertz CT molecular complexity index is 145. The maximum atomic E-state index is 12.1. The van der Waals surface area contributed by atoms with Crippen molar-refractivity contribution in [2.45, 2.75) is 31.5 Å². The Morgan fingerprint density at radius 2 is 2.00 bits per heavy atom. The molecule has 0 fully saturated rings. The molecule has 1 atom stereocenters. The molecule has 1 nitrogen and oxygen atoms in total. The number of halogens is 5. The molecule has 1 unspecified atom stereocenters. The lowest BCUT2D eigenvalue weighted by Gasteiger charge is -2.15. The Balaban J connectivity index is 3.52. The Morgan fingerprint density at radius 1 is 1.46 bits per heavy atom. The summed E-state index contributed by atoms with van der Waals surface area (Å²) in [7, 11) is -1.32. The van der Waals surface area contributed by atoms with E-state index >= 15 is 0 Å². The van der Waals surface area contributed by atoms with Crippen molar-refractivity contribution in [2.24, 2.45) is 0 Å². The first-order valence-corrected chi connectivity index (χ1v) is 7.52. The van der Waals surface area contributed by atoms with Crippen LogP contribution >= 0.6 is 11.1 Å². The van der Waals surface area contributed by atoms with Gasteiger partial charge in [-0.1, -0.05) is 6.55 Å². The van der Waals surface area contributed by atoms with Crippen molar-refractivity contribution in [1.82, 2.24) is 0 Å². The maximum Gasteiger partial charge on any atom is 0.416 e. The average molecular weight is 239 g/mol. The van der Waals surface area contributed by atoms with Crippen LogP contribution in [0, 0.1) is 0 Å². The minimum absolute atomic E-state index is 0.305. The molecule has 80 valence electrons. The van der Waals surface area contributed by atoms with Crippen molar-refractivity contribution in [1.29, 1.82) is 0 Å². The van der Waals surface area contributed by atoms with Crippen LogP contribution in [0.25, 0.3) is 0 Å². The zero-order valence-electron chi connectivity index (χ0n) is 7.07. The van der Waals surface area contributed by atoms with Crippen LogP contribution in [0.1, 0.15) is 6.42 Å². The highest BCUT2D eigenvalue weighted by Gasteiger charge is 2.41. The lowest BCUT2D eigenvalue weighted by Crippen LogP contribution is -2.30. The second-order valence-corrected chi connectivity index (χ2v) is 7.01. The fourth-order valence-corrected chi connectivity index (χ4v) is 1.83. The van der Waals surface area contributed by atoms with Gasteiger partial charge in [-0.15, -0.1) is 0 Å². The Hall–Kier alpha value is 0.187. The van der Waals surface area contributed by atoms with E-state index in [0.717, 1.165) is 0 Å². The van der Waals surface area contributed by atoms with E-state index in [1.807, 2.05) is 6.55 Å². The molecule has 0 aromatic heterocycles.